The number of nitrogens with zero attached hydrogens (tertiary/aromatic N) is 2. The lowest BCUT2D eigenvalue weighted by Crippen LogP contribution is -2.05. The number of esters is 1. The first-order valence-corrected chi connectivity index (χ1v) is 7.16. The number of hydrogen-bond donors (Lipinski definition) is 0. The zero-order valence-electron chi connectivity index (χ0n) is 13.1. The fraction of sp³-hybridized carbons (Fsp3) is 0.235. The van der Waals surface area contributed by atoms with Crippen LogP contribution in [0.1, 0.15) is 33.3 Å². The SMILES string of the molecule is Cc1cccc(-c2nnc(COC(=O)c3cc(C)oc3C)o2)c1. The summed E-state index contributed by atoms with van der Waals surface area (Å²) in [6.45, 7) is 5.39. The van der Waals surface area contributed by atoms with E-state index in [1.54, 1.807) is 19.9 Å². The number of ether oxygens (including phenoxy) is 1. The summed E-state index contributed by atoms with van der Waals surface area (Å²) in [6.07, 6.45) is 0. The lowest BCUT2D eigenvalue weighted by Gasteiger charge is -2.00. The van der Waals surface area contributed by atoms with Gasteiger partial charge in [0.05, 0.1) is 0 Å². The number of rotatable bonds is 4. The quantitative estimate of drug-likeness (QED) is 0.685. The lowest BCUT2D eigenvalue weighted by molar-refractivity contribution is 0.0436. The maximum Gasteiger partial charge on any atom is 0.342 e. The Balaban J connectivity index is 1.68. The topological polar surface area (TPSA) is 78.4 Å². The van der Waals surface area contributed by atoms with Crippen LogP contribution in [0.5, 0.6) is 0 Å². The Labute approximate surface area is 133 Å². The molecule has 0 aliphatic rings. The first-order chi connectivity index (χ1) is 11.0. The molecule has 0 saturated heterocycles. The Hall–Kier alpha value is -2.89. The molecule has 2 heterocycles. The van der Waals surface area contributed by atoms with Gasteiger partial charge in [0.25, 0.3) is 5.89 Å². The van der Waals surface area contributed by atoms with Gasteiger partial charge in [-0.1, -0.05) is 17.7 Å². The molecule has 0 aliphatic carbocycles. The number of carbonyl (C=O) groups is 1. The molecule has 118 valence electrons. The molecule has 0 amide bonds. The van der Waals surface area contributed by atoms with E-state index >= 15 is 0 Å². The molecule has 6 heteroatoms. The summed E-state index contributed by atoms with van der Waals surface area (Å²) >= 11 is 0. The number of aromatic nitrogens is 2. The van der Waals surface area contributed by atoms with Crippen LogP contribution in [0.2, 0.25) is 0 Å². The van der Waals surface area contributed by atoms with Crippen LogP contribution in [-0.2, 0) is 11.3 Å². The second-order valence-electron chi connectivity index (χ2n) is 5.27. The molecule has 23 heavy (non-hydrogen) atoms. The van der Waals surface area contributed by atoms with Crippen molar-refractivity contribution in [3.05, 3.63) is 58.9 Å². The number of furan rings is 1. The van der Waals surface area contributed by atoms with Crippen molar-refractivity contribution >= 4 is 5.97 Å². The second-order valence-corrected chi connectivity index (χ2v) is 5.27. The van der Waals surface area contributed by atoms with Crippen LogP contribution in [-0.4, -0.2) is 16.2 Å². The van der Waals surface area contributed by atoms with Crippen LogP contribution in [0.3, 0.4) is 0 Å². The number of carbonyl (C=O) groups excluding carboxylic acids is 1. The predicted octanol–water partition coefficient (Wildman–Crippen LogP) is 3.61. The summed E-state index contributed by atoms with van der Waals surface area (Å²) in [7, 11) is 0. The summed E-state index contributed by atoms with van der Waals surface area (Å²) in [6, 6.07) is 9.37. The van der Waals surface area contributed by atoms with Crippen molar-refractivity contribution in [3.8, 4) is 11.5 Å². The number of aryl methyl sites for hydroxylation is 3. The van der Waals surface area contributed by atoms with Gasteiger partial charge in [0.1, 0.15) is 17.1 Å². The third-order valence-electron chi connectivity index (χ3n) is 3.32. The fourth-order valence-corrected chi connectivity index (χ4v) is 2.25. The van der Waals surface area contributed by atoms with E-state index in [-0.39, 0.29) is 12.5 Å². The third-order valence-corrected chi connectivity index (χ3v) is 3.32. The summed E-state index contributed by atoms with van der Waals surface area (Å²) in [5, 5.41) is 7.87. The molecular weight excluding hydrogens is 296 g/mol. The number of hydrogen-bond acceptors (Lipinski definition) is 6. The first-order valence-electron chi connectivity index (χ1n) is 7.16. The van der Waals surface area contributed by atoms with Gasteiger partial charge in [-0.3, -0.25) is 0 Å². The van der Waals surface area contributed by atoms with Crippen molar-refractivity contribution in [3.63, 3.8) is 0 Å². The molecule has 3 aromatic rings. The monoisotopic (exact) mass is 312 g/mol. The minimum Gasteiger partial charge on any atom is -0.466 e. The third kappa shape index (κ3) is 3.31. The van der Waals surface area contributed by atoms with E-state index in [4.69, 9.17) is 13.6 Å². The van der Waals surface area contributed by atoms with Crippen molar-refractivity contribution in [2.75, 3.05) is 0 Å². The van der Waals surface area contributed by atoms with Gasteiger partial charge in [-0.25, -0.2) is 4.79 Å². The molecule has 3 rings (SSSR count). The maximum absolute atomic E-state index is 12.0. The standard InChI is InChI=1S/C17H16N2O4/c1-10-5-4-6-13(7-10)16-19-18-15(23-16)9-21-17(20)14-8-11(2)22-12(14)3/h4-8H,9H2,1-3H3. The van der Waals surface area contributed by atoms with Gasteiger partial charge in [0.15, 0.2) is 6.61 Å². The Bertz CT molecular complexity index is 848. The highest BCUT2D eigenvalue weighted by molar-refractivity contribution is 5.90. The van der Waals surface area contributed by atoms with E-state index in [0.29, 0.717) is 23.0 Å². The van der Waals surface area contributed by atoms with Crippen LogP contribution < -0.4 is 0 Å². The molecular formula is C17H16N2O4. The fourth-order valence-electron chi connectivity index (χ4n) is 2.25. The minimum atomic E-state index is -0.477. The minimum absolute atomic E-state index is 0.0820. The van der Waals surface area contributed by atoms with Crippen LogP contribution in [0.25, 0.3) is 11.5 Å². The highest BCUT2D eigenvalue weighted by Crippen LogP contribution is 2.20. The highest BCUT2D eigenvalue weighted by Gasteiger charge is 2.17. The van der Waals surface area contributed by atoms with E-state index < -0.39 is 5.97 Å². The molecule has 0 bridgehead atoms. The molecule has 0 N–H and O–H groups in total. The van der Waals surface area contributed by atoms with E-state index in [9.17, 15) is 4.79 Å². The Morgan fingerprint density at radius 2 is 1.96 bits per heavy atom. The highest BCUT2D eigenvalue weighted by atomic mass is 16.5. The van der Waals surface area contributed by atoms with Crippen LogP contribution in [0.4, 0.5) is 0 Å². The normalized spacial score (nSPS) is 10.7. The van der Waals surface area contributed by atoms with E-state index in [1.807, 2.05) is 31.2 Å². The Morgan fingerprint density at radius 3 is 2.65 bits per heavy atom. The first kappa shape index (κ1) is 15.0. The molecule has 0 aliphatic heterocycles. The van der Waals surface area contributed by atoms with Crippen molar-refractivity contribution in [2.24, 2.45) is 0 Å². The van der Waals surface area contributed by atoms with Crippen LogP contribution in [0.15, 0.2) is 39.2 Å². The van der Waals surface area contributed by atoms with Crippen molar-refractivity contribution in [1.82, 2.24) is 10.2 Å². The van der Waals surface area contributed by atoms with E-state index in [0.717, 1.165) is 11.1 Å². The number of benzene rings is 1. The zero-order chi connectivity index (χ0) is 16.4. The second kappa shape index (κ2) is 6.08. The van der Waals surface area contributed by atoms with Gasteiger partial charge in [-0.15, -0.1) is 10.2 Å². The molecule has 6 nitrogen and oxygen atoms in total. The van der Waals surface area contributed by atoms with Gasteiger partial charge in [-0.05, 0) is 39.0 Å². The molecule has 0 saturated carbocycles. The van der Waals surface area contributed by atoms with Crippen molar-refractivity contribution < 1.29 is 18.4 Å². The molecule has 2 aromatic heterocycles. The van der Waals surface area contributed by atoms with Gasteiger partial charge in [0.2, 0.25) is 5.89 Å². The van der Waals surface area contributed by atoms with E-state index in [1.165, 1.54) is 0 Å². The average Bonchev–Trinajstić information content (AvgIpc) is 3.11. The maximum atomic E-state index is 12.0. The van der Waals surface area contributed by atoms with Crippen molar-refractivity contribution in [2.45, 2.75) is 27.4 Å². The Kier molecular flexibility index (Phi) is 3.97. The Morgan fingerprint density at radius 1 is 1.13 bits per heavy atom. The van der Waals surface area contributed by atoms with E-state index in [2.05, 4.69) is 10.2 Å². The summed E-state index contributed by atoms with van der Waals surface area (Å²) in [4.78, 5) is 12.0. The predicted molar refractivity (Wildman–Crippen MR) is 81.8 cm³/mol. The molecule has 0 fully saturated rings. The summed E-state index contributed by atoms with van der Waals surface area (Å²) in [5.74, 6) is 1.35. The van der Waals surface area contributed by atoms with Gasteiger partial charge in [-0.2, -0.15) is 0 Å². The summed E-state index contributed by atoms with van der Waals surface area (Å²) in [5.41, 5.74) is 2.33. The van der Waals surface area contributed by atoms with Gasteiger partial charge >= 0.3 is 5.97 Å². The summed E-state index contributed by atoms with van der Waals surface area (Å²) < 4.78 is 16.0. The van der Waals surface area contributed by atoms with Crippen LogP contribution >= 0.6 is 0 Å². The zero-order valence-corrected chi connectivity index (χ0v) is 13.1. The van der Waals surface area contributed by atoms with Gasteiger partial charge < -0.3 is 13.6 Å². The molecule has 0 unspecified atom stereocenters. The molecule has 0 atom stereocenters. The molecule has 1 aromatic carbocycles. The molecule has 0 spiro atoms. The van der Waals surface area contributed by atoms with Crippen molar-refractivity contribution in [1.29, 1.82) is 0 Å². The molecule has 0 radical (unpaired) electrons. The average molecular weight is 312 g/mol. The van der Waals surface area contributed by atoms with Crippen LogP contribution in [0, 0.1) is 20.8 Å². The smallest absolute Gasteiger partial charge is 0.342 e. The largest absolute Gasteiger partial charge is 0.466 e. The van der Waals surface area contributed by atoms with Gasteiger partial charge in [0, 0.05) is 5.56 Å². The lowest BCUT2D eigenvalue weighted by atomic mass is 10.1.